The van der Waals surface area contributed by atoms with Crippen molar-refractivity contribution in [1.82, 2.24) is 4.90 Å². The number of esters is 1. The largest absolute Gasteiger partial charge is 0.507 e. The lowest BCUT2D eigenvalue weighted by atomic mass is 9.82. The van der Waals surface area contributed by atoms with E-state index in [0.717, 1.165) is 47.6 Å². The minimum Gasteiger partial charge on any atom is -0.507 e. The maximum absolute atomic E-state index is 13.4. The number of carboxylic acids is 1. The number of ether oxygens (including phenoxy) is 1. The van der Waals surface area contributed by atoms with Gasteiger partial charge in [0.05, 0.1) is 33.5 Å². The zero-order chi connectivity index (χ0) is 29.9. The van der Waals surface area contributed by atoms with E-state index in [0.29, 0.717) is 10.8 Å². The summed E-state index contributed by atoms with van der Waals surface area (Å²) < 4.78 is 19.1. The van der Waals surface area contributed by atoms with E-state index in [-0.39, 0.29) is 29.0 Å². The summed E-state index contributed by atoms with van der Waals surface area (Å²) in [6.45, 7) is 6.28. The summed E-state index contributed by atoms with van der Waals surface area (Å²) in [5.74, 6) is -0.0296. The number of thioether (sulfide) groups is 3. The van der Waals surface area contributed by atoms with Crippen LogP contribution in [0.4, 0.5) is 4.39 Å². The monoisotopic (exact) mass is 625 g/mol. The summed E-state index contributed by atoms with van der Waals surface area (Å²) in [5, 5.41) is 21.9. The molecule has 41 heavy (non-hydrogen) atoms. The number of carboxylic acid groups (broad SMARTS) is 1. The van der Waals surface area contributed by atoms with Gasteiger partial charge in [-0.3, -0.25) is 14.9 Å². The van der Waals surface area contributed by atoms with Crippen molar-refractivity contribution in [3.8, 4) is 5.75 Å². The van der Waals surface area contributed by atoms with Gasteiger partial charge in [0.2, 0.25) is 0 Å². The number of phenolic OH excluding ortho intramolecular Hbond substituents is 1. The second kappa shape index (κ2) is 13.3. The Balaban J connectivity index is 1.57. The smallest absolute Gasteiger partial charge is 0.337 e. The maximum Gasteiger partial charge on any atom is 0.337 e. The molecule has 0 unspecified atom stereocenters. The molecule has 0 aliphatic carbocycles. The standard InChI is InChI=1S/C29H40FN3O5S3/c1-6-7-8-10-17-11-9-12-20(34)22(17)24-31-18(14-39-24)25-33(5)19(15-40-25)23(38-21(35)13-30)28(2,3)26-32-29(4,16-41-26)27(36)37/h9,11-12,18-19,23,25,34H,6-8,10,13-16H2,1-5H3,(H,36,37)/t18-,19+,23-,25-,29-/m1/s1. The SMILES string of the molecule is CCCCCc1cccc(O)c1C1=N[C@@H]([C@H]2SC[C@@H]([C@@H](OC(=O)CF)C(C)(C)C3=N[C@@](C)(C(=O)O)CS3)N2C)CS1. The number of rotatable bonds is 12. The van der Waals surface area contributed by atoms with Crippen LogP contribution in [0.5, 0.6) is 5.75 Å². The number of alkyl halides is 1. The summed E-state index contributed by atoms with van der Waals surface area (Å²) in [7, 11) is 1.97. The first-order valence-electron chi connectivity index (χ1n) is 14.0. The van der Waals surface area contributed by atoms with Crippen molar-refractivity contribution >= 4 is 57.3 Å². The highest BCUT2D eigenvalue weighted by atomic mass is 32.2. The summed E-state index contributed by atoms with van der Waals surface area (Å²) in [6, 6.07) is 5.36. The van der Waals surface area contributed by atoms with Crippen molar-refractivity contribution in [2.45, 2.75) is 82.5 Å². The van der Waals surface area contributed by atoms with Gasteiger partial charge >= 0.3 is 11.9 Å². The van der Waals surface area contributed by atoms with Gasteiger partial charge in [0, 0.05) is 17.3 Å². The van der Waals surface area contributed by atoms with Crippen molar-refractivity contribution in [2.24, 2.45) is 15.4 Å². The summed E-state index contributed by atoms with van der Waals surface area (Å²) in [5.41, 5.74) is -0.153. The minimum absolute atomic E-state index is 0.00997. The van der Waals surface area contributed by atoms with Crippen LogP contribution in [0, 0.1) is 5.41 Å². The van der Waals surface area contributed by atoms with Gasteiger partial charge in [-0.1, -0.05) is 45.7 Å². The molecule has 3 aliphatic rings. The van der Waals surface area contributed by atoms with Crippen LogP contribution in [0.1, 0.15) is 58.1 Å². The van der Waals surface area contributed by atoms with Gasteiger partial charge in [0.25, 0.3) is 0 Å². The van der Waals surface area contributed by atoms with E-state index in [9.17, 15) is 24.2 Å². The number of nitrogens with zero attached hydrogens (tertiary/aromatic N) is 3. The lowest BCUT2D eigenvalue weighted by Gasteiger charge is -2.40. The fourth-order valence-corrected chi connectivity index (χ4v) is 9.76. The van der Waals surface area contributed by atoms with Gasteiger partial charge in [-0.15, -0.1) is 35.3 Å². The lowest BCUT2D eigenvalue weighted by molar-refractivity contribution is -0.157. The number of hydrogen-bond donors (Lipinski definition) is 2. The predicted octanol–water partition coefficient (Wildman–Crippen LogP) is 5.26. The molecule has 0 radical (unpaired) electrons. The van der Waals surface area contributed by atoms with Gasteiger partial charge < -0.3 is 14.9 Å². The highest BCUT2D eigenvalue weighted by Gasteiger charge is 2.52. The van der Waals surface area contributed by atoms with E-state index < -0.39 is 35.7 Å². The fraction of sp³-hybridized carbons (Fsp3) is 0.655. The molecule has 8 nitrogen and oxygen atoms in total. The third-order valence-corrected chi connectivity index (χ3v) is 12.2. The first-order valence-corrected chi connectivity index (χ1v) is 17.0. The summed E-state index contributed by atoms with van der Waals surface area (Å²) in [4.78, 5) is 35.9. The Labute approximate surface area is 254 Å². The summed E-state index contributed by atoms with van der Waals surface area (Å²) >= 11 is 4.72. The van der Waals surface area contributed by atoms with Crippen molar-refractivity contribution in [3.63, 3.8) is 0 Å². The number of aliphatic imine (C=N–C) groups is 2. The number of aromatic hydroxyl groups is 1. The van der Waals surface area contributed by atoms with E-state index in [1.807, 2.05) is 27.0 Å². The Morgan fingerprint density at radius 2 is 2.02 bits per heavy atom. The zero-order valence-electron chi connectivity index (χ0n) is 24.3. The molecule has 0 bridgehead atoms. The van der Waals surface area contributed by atoms with E-state index in [4.69, 9.17) is 9.73 Å². The number of hydrogen-bond acceptors (Lipinski definition) is 10. The number of carbonyl (C=O) groups is 2. The highest BCUT2D eigenvalue weighted by Crippen LogP contribution is 2.45. The minimum atomic E-state index is -1.25. The molecule has 0 amide bonds. The Bertz CT molecular complexity index is 1210. The van der Waals surface area contributed by atoms with Gasteiger partial charge in [0.15, 0.2) is 12.2 Å². The molecule has 1 saturated heterocycles. The first-order chi connectivity index (χ1) is 19.4. The van der Waals surface area contributed by atoms with Gasteiger partial charge in [-0.2, -0.15) is 0 Å². The average molecular weight is 626 g/mol. The maximum atomic E-state index is 13.4. The first kappa shape index (κ1) is 32.2. The molecule has 226 valence electrons. The van der Waals surface area contributed by atoms with Crippen LogP contribution in [0.25, 0.3) is 0 Å². The molecule has 0 aromatic heterocycles. The van der Waals surface area contributed by atoms with Crippen molar-refractivity contribution < 1.29 is 28.9 Å². The zero-order valence-corrected chi connectivity index (χ0v) is 26.7. The van der Waals surface area contributed by atoms with Crippen LogP contribution in [-0.4, -0.2) is 97.2 Å². The molecule has 1 aromatic carbocycles. The number of carbonyl (C=O) groups excluding carboxylic acids is 1. The van der Waals surface area contributed by atoms with Crippen LogP contribution >= 0.6 is 35.3 Å². The topological polar surface area (TPSA) is 112 Å². The molecule has 3 aliphatic heterocycles. The molecule has 1 aromatic rings. The molecule has 2 N–H and O–H groups in total. The molecule has 3 heterocycles. The molecular formula is C29H40FN3O5S3. The highest BCUT2D eigenvalue weighted by molar-refractivity contribution is 8.15. The van der Waals surface area contributed by atoms with E-state index in [1.165, 1.54) is 11.8 Å². The number of likely N-dealkylation sites (N-methyl/N-ethyl adjacent to an activating group) is 1. The Kier molecular flexibility index (Phi) is 10.4. The Morgan fingerprint density at radius 3 is 2.68 bits per heavy atom. The lowest BCUT2D eigenvalue weighted by Crippen LogP contribution is -2.54. The molecule has 4 rings (SSSR count). The van der Waals surface area contributed by atoms with Crippen LogP contribution < -0.4 is 0 Å². The number of phenols is 1. The van der Waals surface area contributed by atoms with E-state index in [2.05, 4.69) is 22.9 Å². The molecule has 12 heteroatoms. The summed E-state index contributed by atoms with van der Waals surface area (Å²) in [6.07, 6.45) is 3.47. The van der Waals surface area contributed by atoms with E-state index in [1.54, 1.807) is 36.5 Å². The normalized spacial score (nSPS) is 27.5. The van der Waals surface area contributed by atoms with Gasteiger partial charge in [-0.25, -0.2) is 14.0 Å². The second-order valence-electron chi connectivity index (χ2n) is 11.6. The number of aliphatic carboxylic acids is 1. The third kappa shape index (κ3) is 6.75. The van der Waals surface area contributed by atoms with Crippen molar-refractivity contribution in [1.29, 1.82) is 0 Å². The number of benzene rings is 1. The number of unbranched alkanes of at least 4 members (excludes halogenated alkanes) is 2. The van der Waals surface area contributed by atoms with Crippen molar-refractivity contribution in [2.75, 3.05) is 31.0 Å². The van der Waals surface area contributed by atoms with Crippen LogP contribution in [0.3, 0.4) is 0 Å². The number of aryl methyl sites for hydroxylation is 1. The molecule has 0 saturated carbocycles. The molecule has 1 fully saturated rings. The second-order valence-corrected chi connectivity index (χ2v) is 14.7. The Hall–Kier alpha value is -1.76. The fourth-order valence-electron chi connectivity index (χ4n) is 5.52. The quantitative estimate of drug-likeness (QED) is 0.237. The third-order valence-electron chi connectivity index (χ3n) is 8.04. The van der Waals surface area contributed by atoms with Crippen molar-refractivity contribution in [3.05, 3.63) is 29.3 Å². The van der Waals surface area contributed by atoms with Crippen LogP contribution in [0.2, 0.25) is 0 Å². The Morgan fingerprint density at radius 1 is 1.27 bits per heavy atom. The van der Waals surface area contributed by atoms with Crippen LogP contribution in [0.15, 0.2) is 28.2 Å². The van der Waals surface area contributed by atoms with Gasteiger partial charge in [0.1, 0.15) is 16.9 Å². The van der Waals surface area contributed by atoms with Gasteiger partial charge in [-0.05, 0) is 38.4 Å². The molecule has 5 atom stereocenters. The predicted molar refractivity (Wildman–Crippen MR) is 167 cm³/mol. The molecule has 0 spiro atoms. The molecular weight excluding hydrogens is 586 g/mol. The number of halogens is 1. The average Bonchev–Trinajstić information content (AvgIpc) is 3.66. The van der Waals surface area contributed by atoms with Crippen LogP contribution in [-0.2, 0) is 20.7 Å². The van der Waals surface area contributed by atoms with E-state index >= 15 is 0 Å².